The average Bonchev–Trinajstić information content (AvgIpc) is 2.33. The van der Waals surface area contributed by atoms with Gasteiger partial charge in [-0.1, -0.05) is 0 Å². The molecule has 0 aliphatic carbocycles. The van der Waals surface area contributed by atoms with E-state index in [0.29, 0.717) is 20.8 Å². The zero-order chi connectivity index (χ0) is 15.6. The summed E-state index contributed by atoms with van der Waals surface area (Å²) in [5.41, 5.74) is 7.40. The summed E-state index contributed by atoms with van der Waals surface area (Å²) in [6.45, 7) is 3.92. The fraction of sp³-hybridized carbons (Fsp3) is 0.214. The summed E-state index contributed by atoms with van der Waals surface area (Å²) >= 11 is 6.73. The number of aryl methyl sites for hydroxylation is 2. The topological polar surface area (TPSA) is 72.1 Å². The number of nitrogens with two attached hydrogens (primary N) is 1. The quantitative estimate of drug-likeness (QED) is 0.781. The van der Waals surface area contributed by atoms with Crippen molar-refractivity contribution in [1.82, 2.24) is 9.97 Å². The third-order valence-electron chi connectivity index (χ3n) is 2.72. The Balaban J connectivity index is 2.54. The summed E-state index contributed by atoms with van der Waals surface area (Å²) in [5.74, 6) is 0.783. The van der Waals surface area contributed by atoms with Gasteiger partial charge in [0.1, 0.15) is 27.4 Å². The first kappa shape index (κ1) is 15.9. The maximum atomic E-state index is 11.4. The van der Waals surface area contributed by atoms with E-state index in [-0.39, 0.29) is 6.54 Å². The molecule has 2 aromatic heterocycles. The van der Waals surface area contributed by atoms with Gasteiger partial charge < -0.3 is 10.6 Å². The molecule has 0 atom stereocenters. The van der Waals surface area contributed by atoms with Crippen molar-refractivity contribution in [2.75, 3.05) is 11.4 Å². The Morgan fingerprint density at radius 3 is 1.81 bits per heavy atom. The van der Waals surface area contributed by atoms with E-state index in [1.807, 2.05) is 38.1 Å². The van der Waals surface area contributed by atoms with Gasteiger partial charge in [-0.05, 0) is 81.1 Å². The normalized spacial score (nSPS) is 10.5. The summed E-state index contributed by atoms with van der Waals surface area (Å²) in [6, 6.07) is 7.55. The zero-order valence-corrected chi connectivity index (χ0v) is 14.8. The van der Waals surface area contributed by atoms with Gasteiger partial charge in [-0.2, -0.15) is 0 Å². The highest BCUT2D eigenvalue weighted by atomic mass is 79.9. The van der Waals surface area contributed by atoms with Crippen molar-refractivity contribution in [2.24, 2.45) is 5.73 Å². The van der Waals surface area contributed by atoms with Gasteiger partial charge in [0.2, 0.25) is 5.91 Å². The van der Waals surface area contributed by atoms with Crippen molar-refractivity contribution in [2.45, 2.75) is 13.8 Å². The number of pyridine rings is 2. The summed E-state index contributed by atoms with van der Waals surface area (Å²) in [7, 11) is 0. The minimum atomic E-state index is -0.450. The number of amides is 1. The van der Waals surface area contributed by atoms with Crippen LogP contribution in [-0.4, -0.2) is 22.4 Å². The predicted molar refractivity (Wildman–Crippen MR) is 89.5 cm³/mol. The van der Waals surface area contributed by atoms with Crippen LogP contribution in [0.4, 0.5) is 11.6 Å². The molecule has 110 valence electrons. The highest BCUT2D eigenvalue weighted by molar-refractivity contribution is 9.10. The van der Waals surface area contributed by atoms with Crippen LogP contribution in [0.5, 0.6) is 0 Å². The van der Waals surface area contributed by atoms with Gasteiger partial charge in [-0.25, -0.2) is 9.97 Å². The molecule has 0 radical (unpaired) electrons. The lowest BCUT2D eigenvalue weighted by molar-refractivity contribution is -0.116. The van der Waals surface area contributed by atoms with Gasteiger partial charge >= 0.3 is 0 Å². The summed E-state index contributed by atoms with van der Waals surface area (Å²) in [5, 5.41) is 0. The molecule has 2 rings (SSSR count). The molecule has 7 heteroatoms. The highest BCUT2D eigenvalue weighted by Crippen LogP contribution is 2.26. The average molecular weight is 414 g/mol. The number of halogens is 2. The van der Waals surface area contributed by atoms with E-state index in [1.54, 1.807) is 4.90 Å². The molecule has 0 fully saturated rings. The third kappa shape index (κ3) is 4.25. The first-order valence-electron chi connectivity index (χ1n) is 6.19. The Bertz CT molecular complexity index is 599. The Morgan fingerprint density at radius 1 is 1.05 bits per heavy atom. The second-order valence-corrected chi connectivity index (χ2v) is 6.33. The molecule has 2 aromatic rings. The molecule has 5 nitrogen and oxygen atoms in total. The molecule has 1 amide bonds. The minimum absolute atomic E-state index is 0.00574. The van der Waals surface area contributed by atoms with Crippen LogP contribution >= 0.6 is 31.9 Å². The van der Waals surface area contributed by atoms with Gasteiger partial charge in [-0.3, -0.25) is 4.79 Å². The Kier molecular flexibility index (Phi) is 4.95. The standard InChI is InChI=1S/C14H14Br2N4O/c1-8-3-10(15)18-13(5-8)20(7-12(17)21)14-6-9(2)4-11(16)19-14/h3-6H,7H2,1-2H3,(H2,17,21). The molecule has 0 bridgehead atoms. The number of rotatable bonds is 4. The number of anilines is 2. The van der Waals surface area contributed by atoms with Crippen molar-refractivity contribution in [3.05, 3.63) is 44.6 Å². The molecule has 0 aliphatic heterocycles. The van der Waals surface area contributed by atoms with Crippen LogP contribution in [0.2, 0.25) is 0 Å². The second kappa shape index (κ2) is 6.53. The molecule has 0 aromatic carbocycles. The fourth-order valence-corrected chi connectivity index (χ4v) is 3.01. The molecular weight excluding hydrogens is 400 g/mol. The smallest absolute Gasteiger partial charge is 0.237 e. The van der Waals surface area contributed by atoms with Crippen LogP contribution in [0.3, 0.4) is 0 Å². The molecule has 0 saturated heterocycles. The lowest BCUT2D eigenvalue weighted by Crippen LogP contribution is -2.31. The van der Waals surface area contributed by atoms with E-state index in [9.17, 15) is 4.79 Å². The lowest BCUT2D eigenvalue weighted by atomic mass is 10.2. The maximum absolute atomic E-state index is 11.4. The lowest BCUT2D eigenvalue weighted by Gasteiger charge is -2.22. The number of carbonyl (C=O) groups is 1. The largest absolute Gasteiger partial charge is 0.368 e. The van der Waals surface area contributed by atoms with E-state index < -0.39 is 5.91 Å². The number of aromatic nitrogens is 2. The minimum Gasteiger partial charge on any atom is -0.368 e. The van der Waals surface area contributed by atoms with Crippen molar-refractivity contribution < 1.29 is 4.79 Å². The molecule has 0 unspecified atom stereocenters. The van der Waals surface area contributed by atoms with Gasteiger partial charge in [-0.15, -0.1) is 0 Å². The van der Waals surface area contributed by atoms with Crippen LogP contribution in [0, 0.1) is 13.8 Å². The van der Waals surface area contributed by atoms with Crippen molar-refractivity contribution >= 4 is 49.4 Å². The summed E-state index contributed by atoms with van der Waals surface area (Å²) in [6.07, 6.45) is 0. The number of carbonyl (C=O) groups excluding carboxylic acids is 1. The van der Waals surface area contributed by atoms with Crippen LogP contribution in [0.15, 0.2) is 33.5 Å². The number of hydrogen-bond acceptors (Lipinski definition) is 4. The molecule has 0 spiro atoms. The predicted octanol–water partition coefficient (Wildman–Crippen LogP) is 3.24. The second-order valence-electron chi connectivity index (χ2n) is 4.70. The van der Waals surface area contributed by atoms with E-state index in [2.05, 4.69) is 41.8 Å². The van der Waals surface area contributed by atoms with E-state index >= 15 is 0 Å². The van der Waals surface area contributed by atoms with Gasteiger partial charge in [0.25, 0.3) is 0 Å². The monoisotopic (exact) mass is 412 g/mol. The van der Waals surface area contributed by atoms with Gasteiger partial charge in [0.15, 0.2) is 0 Å². The first-order valence-corrected chi connectivity index (χ1v) is 7.78. The maximum Gasteiger partial charge on any atom is 0.237 e. The van der Waals surface area contributed by atoms with Crippen LogP contribution in [-0.2, 0) is 4.79 Å². The van der Waals surface area contributed by atoms with Crippen LogP contribution < -0.4 is 10.6 Å². The van der Waals surface area contributed by atoms with E-state index in [4.69, 9.17) is 5.73 Å². The first-order chi connectivity index (χ1) is 9.85. The molecule has 0 aliphatic rings. The SMILES string of the molecule is Cc1cc(Br)nc(N(CC(N)=O)c2cc(C)cc(Br)n2)c1. The number of primary amides is 1. The Morgan fingerprint density at radius 2 is 1.48 bits per heavy atom. The molecule has 2 N–H and O–H groups in total. The molecule has 2 heterocycles. The van der Waals surface area contributed by atoms with Crippen LogP contribution in [0.1, 0.15) is 11.1 Å². The Hall–Kier alpha value is -1.47. The van der Waals surface area contributed by atoms with E-state index in [0.717, 1.165) is 11.1 Å². The fourth-order valence-electron chi connectivity index (χ4n) is 1.93. The van der Waals surface area contributed by atoms with Gasteiger partial charge in [0, 0.05) is 0 Å². The Labute approximate surface area is 139 Å². The van der Waals surface area contributed by atoms with Gasteiger partial charge in [0.05, 0.1) is 0 Å². The van der Waals surface area contributed by atoms with Crippen molar-refractivity contribution in [1.29, 1.82) is 0 Å². The summed E-state index contributed by atoms with van der Waals surface area (Å²) < 4.78 is 1.39. The van der Waals surface area contributed by atoms with Crippen molar-refractivity contribution in [3.63, 3.8) is 0 Å². The van der Waals surface area contributed by atoms with Crippen LogP contribution in [0.25, 0.3) is 0 Å². The summed E-state index contributed by atoms with van der Waals surface area (Å²) in [4.78, 5) is 21.9. The molecule has 21 heavy (non-hydrogen) atoms. The molecular formula is C14H14Br2N4O. The third-order valence-corrected chi connectivity index (χ3v) is 3.53. The number of hydrogen-bond donors (Lipinski definition) is 1. The van der Waals surface area contributed by atoms with E-state index in [1.165, 1.54) is 0 Å². The highest BCUT2D eigenvalue weighted by Gasteiger charge is 2.16. The molecule has 0 saturated carbocycles. The zero-order valence-electron chi connectivity index (χ0n) is 11.6. The number of nitrogens with zero attached hydrogens (tertiary/aromatic N) is 3. The van der Waals surface area contributed by atoms with Crippen molar-refractivity contribution in [3.8, 4) is 0 Å².